The molecule has 1 N–H and O–H groups in total. The molecule has 1 heterocycles. The number of carbonyl (C=O) groups is 1. The van der Waals surface area contributed by atoms with Crippen LogP contribution >= 0.6 is 11.8 Å². The molecular weight excluding hydrogens is 289 g/mol. The Hall–Kier alpha value is -1.82. The third kappa shape index (κ3) is 4.90. The van der Waals surface area contributed by atoms with Gasteiger partial charge in [-0.2, -0.15) is 5.10 Å². The molecule has 0 saturated heterocycles. The Morgan fingerprint density at radius 1 is 1.43 bits per heavy atom. The number of benzene rings is 1. The predicted octanol–water partition coefficient (Wildman–Crippen LogP) is 2.88. The van der Waals surface area contributed by atoms with Gasteiger partial charge in [0.2, 0.25) is 5.91 Å². The Morgan fingerprint density at radius 3 is 2.86 bits per heavy atom. The van der Waals surface area contributed by atoms with Gasteiger partial charge < -0.3 is 5.32 Å². The van der Waals surface area contributed by atoms with Crippen LogP contribution in [-0.4, -0.2) is 28.0 Å². The van der Waals surface area contributed by atoms with E-state index in [2.05, 4.69) is 10.4 Å². The molecule has 1 aromatic heterocycles. The van der Waals surface area contributed by atoms with Crippen LogP contribution in [0.5, 0.6) is 0 Å². The molecule has 2 aromatic rings. The lowest BCUT2D eigenvalue weighted by Crippen LogP contribution is -2.32. The summed E-state index contributed by atoms with van der Waals surface area (Å²) >= 11 is 1.65. The van der Waals surface area contributed by atoms with Crippen molar-refractivity contribution in [1.29, 1.82) is 0 Å². The number of nitrogens with one attached hydrogen (secondary N) is 1. The van der Waals surface area contributed by atoms with E-state index in [9.17, 15) is 9.18 Å². The lowest BCUT2D eigenvalue weighted by molar-refractivity contribution is -0.124. The molecule has 0 saturated carbocycles. The van der Waals surface area contributed by atoms with Crippen LogP contribution in [0.3, 0.4) is 0 Å². The zero-order valence-corrected chi connectivity index (χ0v) is 12.6. The fraction of sp³-hybridized carbons (Fsp3) is 0.333. The predicted molar refractivity (Wildman–Crippen MR) is 81.7 cm³/mol. The van der Waals surface area contributed by atoms with Gasteiger partial charge in [0.25, 0.3) is 0 Å². The Balaban J connectivity index is 1.63. The quantitative estimate of drug-likeness (QED) is 0.632. The molecule has 0 aliphatic heterocycles. The SMILES string of the molecule is CC(C(=O)NCCCSc1ccc(F)cc1)n1cccn1. The fourth-order valence-corrected chi connectivity index (χ4v) is 2.64. The maximum absolute atomic E-state index is 12.7. The standard InChI is InChI=1S/C15H18FN3OS/c1-12(19-10-2-9-18-19)15(20)17-8-3-11-21-14-6-4-13(16)5-7-14/h2,4-7,9-10,12H,3,8,11H2,1H3,(H,17,20). The van der Waals surface area contributed by atoms with Crippen LogP contribution in [0.25, 0.3) is 0 Å². The van der Waals surface area contributed by atoms with Crippen LogP contribution in [0.4, 0.5) is 4.39 Å². The topological polar surface area (TPSA) is 46.9 Å². The lowest BCUT2D eigenvalue weighted by Gasteiger charge is -2.12. The molecule has 21 heavy (non-hydrogen) atoms. The minimum atomic E-state index is -0.301. The van der Waals surface area contributed by atoms with E-state index in [0.717, 1.165) is 17.1 Å². The number of amides is 1. The van der Waals surface area contributed by atoms with Gasteiger partial charge in [-0.25, -0.2) is 4.39 Å². The van der Waals surface area contributed by atoms with Gasteiger partial charge in [-0.1, -0.05) is 0 Å². The summed E-state index contributed by atoms with van der Waals surface area (Å²) in [7, 11) is 0. The number of carbonyl (C=O) groups excluding carboxylic acids is 1. The largest absolute Gasteiger partial charge is 0.354 e. The van der Waals surface area contributed by atoms with Crippen molar-refractivity contribution in [3.05, 3.63) is 48.5 Å². The van der Waals surface area contributed by atoms with E-state index in [4.69, 9.17) is 0 Å². The number of nitrogens with zero attached hydrogens (tertiary/aromatic N) is 2. The van der Waals surface area contributed by atoms with E-state index in [1.165, 1.54) is 12.1 Å². The highest BCUT2D eigenvalue weighted by atomic mass is 32.2. The second-order valence-electron chi connectivity index (χ2n) is 4.61. The fourth-order valence-electron chi connectivity index (χ4n) is 1.78. The molecular formula is C15H18FN3OS. The first-order valence-electron chi connectivity index (χ1n) is 6.82. The average molecular weight is 307 g/mol. The van der Waals surface area contributed by atoms with E-state index in [-0.39, 0.29) is 17.8 Å². The molecule has 0 bridgehead atoms. The maximum atomic E-state index is 12.7. The number of halogens is 1. The van der Waals surface area contributed by atoms with Crippen molar-refractivity contribution in [2.75, 3.05) is 12.3 Å². The molecule has 0 fully saturated rings. The molecule has 0 aliphatic carbocycles. The van der Waals surface area contributed by atoms with Crippen LogP contribution in [0, 0.1) is 5.82 Å². The van der Waals surface area contributed by atoms with Crippen LogP contribution in [-0.2, 0) is 4.79 Å². The van der Waals surface area contributed by atoms with Gasteiger partial charge >= 0.3 is 0 Å². The van der Waals surface area contributed by atoms with Crippen molar-refractivity contribution in [2.24, 2.45) is 0 Å². The van der Waals surface area contributed by atoms with Gasteiger partial charge in [0.15, 0.2) is 0 Å². The van der Waals surface area contributed by atoms with E-state index < -0.39 is 0 Å². The summed E-state index contributed by atoms with van der Waals surface area (Å²) in [5, 5.41) is 6.94. The molecule has 0 aliphatic rings. The average Bonchev–Trinajstić information content (AvgIpc) is 3.02. The molecule has 0 radical (unpaired) electrons. The zero-order chi connectivity index (χ0) is 15.1. The van der Waals surface area contributed by atoms with Crippen molar-refractivity contribution in [2.45, 2.75) is 24.3 Å². The molecule has 1 amide bonds. The van der Waals surface area contributed by atoms with Crippen molar-refractivity contribution in [3.8, 4) is 0 Å². The Kier molecular flexibility index (Phi) is 5.80. The summed E-state index contributed by atoms with van der Waals surface area (Å²) in [6.45, 7) is 2.44. The number of thioether (sulfide) groups is 1. The van der Waals surface area contributed by atoms with E-state index in [1.807, 2.05) is 6.92 Å². The first-order valence-corrected chi connectivity index (χ1v) is 7.80. The number of hydrogen-bond acceptors (Lipinski definition) is 3. The van der Waals surface area contributed by atoms with Crippen LogP contribution in [0.2, 0.25) is 0 Å². The molecule has 4 nitrogen and oxygen atoms in total. The van der Waals surface area contributed by atoms with Gasteiger partial charge in [0.05, 0.1) is 0 Å². The number of hydrogen-bond donors (Lipinski definition) is 1. The summed E-state index contributed by atoms with van der Waals surface area (Å²) in [6, 6.07) is 7.93. The summed E-state index contributed by atoms with van der Waals surface area (Å²) in [5.41, 5.74) is 0. The normalized spacial score (nSPS) is 12.1. The minimum absolute atomic E-state index is 0.0366. The van der Waals surface area contributed by atoms with E-state index >= 15 is 0 Å². The Morgan fingerprint density at radius 2 is 2.19 bits per heavy atom. The van der Waals surface area contributed by atoms with Gasteiger partial charge in [-0.05, 0) is 49.4 Å². The van der Waals surface area contributed by atoms with Crippen molar-refractivity contribution in [1.82, 2.24) is 15.1 Å². The van der Waals surface area contributed by atoms with Crippen LogP contribution in [0.1, 0.15) is 19.4 Å². The molecule has 1 aromatic carbocycles. The third-order valence-corrected chi connectivity index (χ3v) is 4.10. The van der Waals surface area contributed by atoms with Crippen molar-refractivity contribution >= 4 is 17.7 Å². The molecule has 1 unspecified atom stereocenters. The maximum Gasteiger partial charge on any atom is 0.244 e. The number of aromatic nitrogens is 2. The van der Waals surface area contributed by atoms with Crippen LogP contribution in [0.15, 0.2) is 47.6 Å². The third-order valence-electron chi connectivity index (χ3n) is 3.00. The van der Waals surface area contributed by atoms with Gasteiger partial charge in [-0.15, -0.1) is 11.8 Å². The van der Waals surface area contributed by atoms with Gasteiger partial charge in [0.1, 0.15) is 11.9 Å². The summed E-state index contributed by atoms with van der Waals surface area (Å²) in [6.07, 6.45) is 4.29. The zero-order valence-electron chi connectivity index (χ0n) is 11.8. The Bertz CT molecular complexity index is 557. The minimum Gasteiger partial charge on any atom is -0.354 e. The van der Waals surface area contributed by atoms with E-state index in [0.29, 0.717) is 6.54 Å². The van der Waals surface area contributed by atoms with E-state index in [1.54, 1.807) is 47.0 Å². The molecule has 2 rings (SSSR count). The summed E-state index contributed by atoms with van der Waals surface area (Å²) in [5.74, 6) is 0.618. The highest BCUT2D eigenvalue weighted by Crippen LogP contribution is 2.18. The van der Waals surface area contributed by atoms with Gasteiger partial charge in [-0.3, -0.25) is 9.48 Å². The highest BCUT2D eigenvalue weighted by molar-refractivity contribution is 7.99. The Labute approximate surface area is 127 Å². The molecule has 6 heteroatoms. The molecule has 112 valence electrons. The van der Waals surface area contributed by atoms with Crippen molar-refractivity contribution in [3.63, 3.8) is 0 Å². The molecule has 0 spiro atoms. The second kappa shape index (κ2) is 7.83. The monoisotopic (exact) mass is 307 g/mol. The van der Waals surface area contributed by atoms with Gasteiger partial charge in [0, 0.05) is 23.8 Å². The van der Waals surface area contributed by atoms with Crippen molar-refractivity contribution < 1.29 is 9.18 Å². The second-order valence-corrected chi connectivity index (χ2v) is 5.78. The highest BCUT2D eigenvalue weighted by Gasteiger charge is 2.13. The smallest absolute Gasteiger partial charge is 0.244 e. The first-order chi connectivity index (χ1) is 10.2. The van der Waals surface area contributed by atoms with Crippen LogP contribution < -0.4 is 5.32 Å². The summed E-state index contributed by atoms with van der Waals surface area (Å²) < 4.78 is 14.4. The lowest BCUT2D eigenvalue weighted by atomic mass is 10.3. The first kappa shape index (κ1) is 15.6. The molecule has 1 atom stereocenters. The number of rotatable bonds is 7. The summed E-state index contributed by atoms with van der Waals surface area (Å²) in [4.78, 5) is 12.9.